The minimum atomic E-state index is -3.50. The van der Waals surface area contributed by atoms with Crippen molar-refractivity contribution in [2.45, 2.75) is 71.5 Å². The number of carbonyl (C=O) groups is 1. The van der Waals surface area contributed by atoms with Crippen LogP contribution in [0.25, 0.3) is 0 Å². The first-order valence-corrected chi connectivity index (χ1v) is 11.6. The number of aryl methyl sites for hydroxylation is 2. The van der Waals surface area contributed by atoms with E-state index in [1.165, 1.54) is 0 Å². The van der Waals surface area contributed by atoms with Gasteiger partial charge in [0.2, 0.25) is 10.0 Å². The average Bonchev–Trinajstić information content (AvgIpc) is 2.62. The SMILES string of the molecule is Cc1ccc(C)c(S(=O)(=O)N2CC[NH+]([C@H](C)C(=O)N(C(C)C)C(C)C)CC2)c1. The molecule has 158 valence electrons. The summed E-state index contributed by atoms with van der Waals surface area (Å²) in [5.41, 5.74) is 1.71. The number of amides is 1. The molecule has 2 rings (SSSR count). The first kappa shape index (κ1) is 22.8. The van der Waals surface area contributed by atoms with Gasteiger partial charge in [-0.25, -0.2) is 8.42 Å². The molecule has 28 heavy (non-hydrogen) atoms. The van der Waals surface area contributed by atoms with Crippen LogP contribution < -0.4 is 4.90 Å². The quantitative estimate of drug-likeness (QED) is 0.767. The number of rotatable bonds is 6. The van der Waals surface area contributed by atoms with Crippen LogP contribution in [0.2, 0.25) is 0 Å². The van der Waals surface area contributed by atoms with Crippen LogP contribution in [0.15, 0.2) is 23.1 Å². The number of piperazine rings is 1. The van der Waals surface area contributed by atoms with E-state index in [-0.39, 0.29) is 24.0 Å². The molecule has 1 amide bonds. The number of hydrogen-bond acceptors (Lipinski definition) is 3. The maximum Gasteiger partial charge on any atom is 0.281 e. The predicted molar refractivity (Wildman–Crippen MR) is 112 cm³/mol. The van der Waals surface area contributed by atoms with Crippen molar-refractivity contribution in [2.24, 2.45) is 0 Å². The van der Waals surface area contributed by atoms with Crippen molar-refractivity contribution >= 4 is 15.9 Å². The maximum atomic E-state index is 13.1. The highest BCUT2D eigenvalue weighted by atomic mass is 32.2. The van der Waals surface area contributed by atoms with Crippen LogP contribution in [0.1, 0.15) is 45.7 Å². The van der Waals surface area contributed by atoms with Crippen LogP contribution in [0, 0.1) is 13.8 Å². The molecule has 0 aliphatic carbocycles. The van der Waals surface area contributed by atoms with Crippen molar-refractivity contribution in [3.63, 3.8) is 0 Å². The minimum absolute atomic E-state index is 0.144. The zero-order chi connectivity index (χ0) is 21.2. The molecule has 0 aromatic heterocycles. The Kier molecular flexibility index (Phi) is 7.28. The van der Waals surface area contributed by atoms with E-state index in [1.54, 1.807) is 10.4 Å². The van der Waals surface area contributed by atoms with Gasteiger partial charge in [0.1, 0.15) is 0 Å². The molecule has 1 heterocycles. The van der Waals surface area contributed by atoms with Crippen molar-refractivity contribution < 1.29 is 18.1 Å². The highest BCUT2D eigenvalue weighted by Crippen LogP contribution is 2.21. The molecule has 1 aromatic rings. The Morgan fingerprint density at radius 1 is 1.04 bits per heavy atom. The Morgan fingerprint density at radius 3 is 2.07 bits per heavy atom. The smallest absolute Gasteiger partial charge is 0.281 e. The topological polar surface area (TPSA) is 62.1 Å². The number of carbonyl (C=O) groups excluding carboxylic acids is 1. The molecular weight excluding hydrogens is 374 g/mol. The van der Waals surface area contributed by atoms with E-state index in [1.807, 2.05) is 65.5 Å². The van der Waals surface area contributed by atoms with Crippen molar-refractivity contribution in [1.29, 1.82) is 0 Å². The highest BCUT2D eigenvalue weighted by molar-refractivity contribution is 7.89. The molecule has 1 atom stereocenters. The number of nitrogens with one attached hydrogen (secondary N) is 1. The van der Waals surface area contributed by atoms with Crippen molar-refractivity contribution in [1.82, 2.24) is 9.21 Å². The van der Waals surface area contributed by atoms with Crippen molar-refractivity contribution in [3.8, 4) is 0 Å². The minimum Gasteiger partial charge on any atom is -0.333 e. The number of quaternary nitrogens is 1. The summed E-state index contributed by atoms with van der Waals surface area (Å²) in [6.07, 6.45) is 0. The van der Waals surface area contributed by atoms with Gasteiger partial charge in [-0.3, -0.25) is 4.79 Å². The van der Waals surface area contributed by atoms with Gasteiger partial charge >= 0.3 is 0 Å². The molecular formula is C21H36N3O3S+. The third kappa shape index (κ3) is 4.75. The summed E-state index contributed by atoms with van der Waals surface area (Å²) < 4.78 is 27.8. The molecule has 1 saturated heterocycles. The summed E-state index contributed by atoms with van der Waals surface area (Å²) in [6.45, 7) is 16.0. The molecule has 1 aromatic carbocycles. The van der Waals surface area contributed by atoms with Gasteiger partial charge < -0.3 is 9.80 Å². The van der Waals surface area contributed by atoms with Crippen LogP contribution in [0.4, 0.5) is 0 Å². The van der Waals surface area contributed by atoms with Gasteiger partial charge in [-0.1, -0.05) is 12.1 Å². The van der Waals surface area contributed by atoms with E-state index in [0.717, 1.165) is 16.0 Å². The number of nitrogens with zero attached hydrogens (tertiary/aromatic N) is 2. The zero-order valence-corrected chi connectivity index (χ0v) is 19.1. The van der Waals surface area contributed by atoms with Crippen LogP contribution >= 0.6 is 0 Å². The van der Waals surface area contributed by atoms with Gasteiger partial charge in [0.15, 0.2) is 6.04 Å². The second kappa shape index (κ2) is 8.93. The number of benzene rings is 1. The fourth-order valence-corrected chi connectivity index (χ4v) is 5.83. The summed E-state index contributed by atoms with van der Waals surface area (Å²) >= 11 is 0. The molecule has 0 bridgehead atoms. The Bertz CT molecular complexity index is 789. The van der Waals surface area contributed by atoms with Gasteiger partial charge in [0.25, 0.3) is 5.91 Å². The standard InChI is InChI=1S/C21H35N3O3S/c1-15(2)24(16(3)4)21(25)19(7)22-10-12-23(13-11-22)28(26,27)20-14-17(5)8-9-18(20)6/h8-9,14-16,19H,10-13H2,1-7H3/p+1/t19-/m1/s1. The Balaban J connectivity index is 2.09. The Labute approximate surface area is 170 Å². The average molecular weight is 411 g/mol. The lowest BCUT2D eigenvalue weighted by Crippen LogP contribution is -3.19. The summed E-state index contributed by atoms with van der Waals surface area (Å²) in [7, 11) is -3.50. The van der Waals surface area contributed by atoms with Gasteiger partial charge in [-0.05, 0) is 65.7 Å². The monoisotopic (exact) mass is 410 g/mol. The molecule has 0 saturated carbocycles. The largest absolute Gasteiger partial charge is 0.333 e. The number of sulfonamides is 1. The third-order valence-corrected chi connectivity index (χ3v) is 7.72. The van der Waals surface area contributed by atoms with Gasteiger partial charge in [0.05, 0.1) is 31.1 Å². The summed E-state index contributed by atoms with van der Waals surface area (Å²) in [5.74, 6) is 0.144. The Morgan fingerprint density at radius 2 is 1.57 bits per heavy atom. The molecule has 1 aliphatic heterocycles. The normalized spacial score (nSPS) is 17.9. The van der Waals surface area contributed by atoms with Crippen LogP contribution in [0.5, 0.6) is 0 Å². The molecule has 0 radical (unpaired) electrons. The molecule has 7 heteroatoms. The van der Waals surface area contributed by atoms with Crippen molar-refractivity contribution in [3.05, 3.63) is 29.3 Å². The summed E-state index contributed by atoms with van der Waals surface area (Å²) in [6, 6.07) is 5.67. The highest BCUT2D eigenvalue weighted by Gasteiger charge is 2.37. The van der Waals surface area contributed by atoms with E-state index >= 15 is 0 Å². The predicted octanol–water partition coefficient (Wildman–Crippen LogP) is 1.23. The fraction of sp³-hybridized carbons (Fsp3) is 0.667. The number of hydrogen-bond donors (Lipinski definition) is 1. The second-order valence-corrected chi connectivity index (χ2v) is 10.4. The van der Waals surface area contributed by atoms with E-state index in [4.69, 9.17) is 0 Å². The van der Waals surface area contributed by atoms with E-state index in [2.05, 4.69) is 0 Å². The third-order valence-electron chi connectivity index (χ3n) is 5.68. The lowest BCUT2D eigenvalue weighted by atomic mass is 10.1. The zero-order valence-electron chi connectivity index (χ0n) is 18.3. The fourth-order valence-electron chi connectivity index (χ4n) is 4.07. The second-order valence-electron chi connectivity index (χ2n) is 8.49. The van der Waals surface area contributed by atoms with Crippen LogP contribution in [0.3, 0.4) is 0 Å². The first-order valence-electron chi connectivity index (χ1n) is 10.2. The van der Waals surface area contributed by atoms with E-state index in [0.29, 0.717) is 31.1 Å². The molecule has 1 aliphatic rings. The lowest BCUT2D eigenvalue weighted by molar-refractivity contribution is -0.918. The maximum absolute atomic E-state index is 13.1. The molecule has 6 nitrogen and oxygen atoms in total. The van der Waals surface area contributed by atoms with E-state index in [9.17, 15) is 13.2 Å². The van der Waals surface area contributed by atoms with Gasteiger partial charge in [0, 0.05) is 12.1 Å². The van der Waals surface area contributed by atoms with Gasteiger partial charge in [-0.2, -0.15) is 4.31 Å². The molecule has 1 N–H and O–H groups in total. The van der Waals surface area contributed by atoms with Crippen LogP contribution in [-0.4, -0.2) is 67.8 Å². The Hall–Kier alpha value is -1.44. The van der Waals surface area contributed by atoms with Crippen molar-refractivity contribution in [2.75, 3.05) is 26.2 Å². The molecule has 0 spiro atoms. The lowest BCUT2D eigenvalue weighted by Gasteiger charge is -2.38. The molecule has 1 fully saturated rings. The van der Waals surface area contributed by atoms with Crippen LogP contribution in [-0.2, 0) is 14.8 Å². The summed E-state index contributed by atoms with van der Waals surface area (Å²) in [4.78, 5) is 16.5. The molecule has 0 unspecified atom stereocenters. The summed E-state index contributed by atoms with van der Waals surface area (Å²) in [5, 5.41) is 0. The first-order chi connectivity index (χ1) is 13.0. The van der Waals surface area contributed by atoms with E-state index < -0.39 is 10.0 Å². The van der Waals surface area contributed by atoms with Gasteiger partial charge in [-0.15, -0.1) is 0 Å².